The summed E-state index contributed by atoms with van der Waals surface area (Å²) in [5.74, 6) is 1.68. The molecule has 0 radical (unpaired) electrons. The van der Waals surface area contributed by atoms with Gasteiger partial charge in [-0.25, -0.2) is 0 Å². The largest absolute Gasteiger partial charge is 0.297 e. The number of thiol groups is 1. The Kier molecular flexibility index (Phi) is 7.22. The lowest BCUT2D eigenvalue weighted by atomic mass is 10.1. The number of hydrogen-bond acceptors (Lipinski definition) is 2. The molecule has 0 saturated heterocycles. The average molecular weight is 241 g/mol. The molecule has 1 aliphatic rings. The van der Waals surface area contributed by atoms with Gasteiger partial charge in [-0.15, -0.1) is 0 Å². The fraction of sp³-hybridized carbons (Fsp3) is 0.857. The van der Waals surface area contributed by atoms with Crippen LogP contribution >= 0.6 is 12.6 Å². The van der Waals surface area contributed by atoms with Gasteiger partial charge in [-0.05, 0) is 31.7 Å². The molecular formula is C14H27NS. The third-order valence-corrected chi connectivity index (χ3v) is 3.66. The minimum atomic E-state index is 0.817. The Morgan fingerprint density at radius 3 is 2.50 bits per heavy atom. The molecule has 0 aromatic rings. The molecule has 1 fully saturated rings. The van der Waals surface area contributed by atoms with Crippen molar-refractivity contribution in [2.45, 2.75) is 52.0 Å². The lowest BCUT2D eigenvalue weighted by Gasteiger charge is -2.28. The van der Waals surface area contributed by atoms with Crippen LogP contribution in [0.1, 0.15) is 46.0 Å². The summed E-state index contributed by atoms with van der Waals surface area (Å²) < 4.78 is 0. The summed E-state index contributed by atoms with van der Waals surface area (Å²) in [6.07, 6.45) is 11.5. The molecule has 0 aromatic carbocycles. The smallest absolute Gasteiger partial charge is 0.0166 e. The fourth-order valence-corrected chi connectivity index (χ4v) is 2.55. The Morgan fingerprint density at radius 2 is 1.94 bits per heavy atom. The van der Waals surface area contributed by atoms with Gasteiger partial charge < -0.3 is 0 Å². The van der Waals surface area contributed by atoms with E-state index in [1.165, 1.54) is 38.6 Å². The number of rotatable bonds is 7. The zero-order chi connectivity index (χ0) is 11.8. The van der Waals surface area contributed by atoms with E-state index < -0.39 is 0 Å². The van der Waals surface area contributed by atoms with Crippen LogP contribution in [-0.2, 0) is 0 Å². The van der Waals surface area contributed by atoms with Crippen LogP contribution in [0.25, 0.3) is 0 Å². The highest BCUT2D eigenvalue weighted by Gasteiger charge is 2.21. The normalized spacial score (nSPS) is 18.3. The lowest BCUT2D eigenvalue weighted by Crippen LogP contribution is -2.34. The topological polar surface area (TPSA) is 3.24 Å². The second-order valence-electron chi connectivity index (χ2n) is 5.27. The molecule has 1 saturated carbocycles. The lowest BCUT2D eigenvalue weighted by molar-refractivity contribution is 0.208. The molecule has 0 N–H and O–H groups in total. The van der Waals surface area contributed by atoms with E-state index in [1.807, 2.05) is 0 Å². The molecule has 0 amide bonds. The second kappa shape index (κ2) is 8.19. The van der Waals surface area contributed by atoms with Crippen molar-refractivity contribution in [2.24, 2.45) is 5.92 Å². The van der Waals surface area contributed by atoms with Crippen LogP contribution in [-0.4, -0.2) is 29.8 Å². The molecular weight excluding hydrogens is 214 g/mol. The Balaban J connectivity index is 2.36. The molecule has 1 rings (SSSR count). The maximum Gasteiger partial charge on any atom is 0.0166 e. The van der Waals surface area contributed by atoms with Gasteiger partial charge in [0.25, 0.3) is 0 Å². The third-order valence-electron chi connectivity index (χ3n) is 3.45. The van der Waals surface area contributed by atoms with Crippen LogP contribution in [0.5, 0.6) is 0 Å². The molecule has 0 aromatic heterocycles. The van der Waals surface area contributed by atoms with E-state index in [-0.39, 0.29) is 0 Å². The zero-order valence-corrected chi connectivity index (χ0v) is 11.8. The summed E-state index contributed by atoms with van der Waals surface area (Å²) in [5, 5.41) is 0. The summed E-state index contributed by atoms with van der Waals surface area (Å²) in [7, 11) is 0. The zero-order valence-electron chi connectivity index (χ0n) is 10.9. The van der Waals surface area contributed by atoms with Crippen LogP contribution in [0.4, 0.5) is 0 Å². The van der Waals surface area contributed by atoms with Crippen molar-refractivity contribution in [3.63, 3.8) is 0 Å². The Hall–Kier alpha value is 0.0500. The molecule has 94 valence electrons. The van der Waals surface area contributed by atoms with Gasteiger partial charge in [0.1, 0.15) is 0 Å². The SMILES string of the molecule is CC(C)CCN(CC=CCS)C1CCCC1. The van der Waals surface area contributed by atoms with Gasteiger partial charge in [-0.3, -0.25) is 4.90 Å². The summed E-state index contributed by atoms with van der Waals surface area (Å²) in [5.41, 5.74) is 0. The number of hydrogen-bond donors (Lipinski definition) is 1. The van der Waals surface area contributed by atoms with E-state index in [1.54, 1.807) is 0 Å². The summed E-state index contributed by atoms with van der Waals surface area (Å²) in [4.78, 5) is 2.67. The second-order valence-corrected chi connectivity index (χ2v) is 5.63. The minimum absolute atomic E-state index is 0.817. The van der Waals surface area contributed by atoms with E-state index in [0.29, 0.717) is 0 Å². The first-order valence-electron chi connectivity index (χ1n) is 6.74. The molecule has 16 heavy (non-hydrogen) atoms. The number of nitrogens with zero attached hydrogens (tertiary/aromatic N) is 1. The molecule has 0 bridgehead atoms. The molecule has 0 aliphatic heterocycles. The van der Waals surface area contributed by atoms with Gasteiger partial charge in [0.05, 0.1) is 0 Å². The van der Waals surface area contributed by atoms with Crippen molar-refractivity contribution in [1.29, 1.82) is 0 Å². The summed E-state index contributed by atoms with van der Waals surface area (Å²) >= 11 is 4.21. The average Bonchev–Trinajstić information content (AvgIpc) is 2.76. The molecule has 0 heterocycles. The predicted octanol–water partition coefficient (Wildman–Crippen LogP) is 3.76. The standard InChI is InChI=1S/C14H27NS/c1-13(2)9-11-15(10-5-6-12-16)14-7-3-4-8-14/h5-6,13-14,16H,3-4,7-12H2,1-2H3. The van der Waals surface area contributed by atoms with E-state index in [2.05, 4.69) is 43.5 Å². The molecule has 0 atom stereocenters. The molecule has 1 aliphatic carbocycles. The molecule has 2 heteroatoms. The maximum absolute atomic E-state index is 4.21. The highest BCUT2D eigenvalue weighted by atomic mass is 32.1. The van der Waals surface area contributed by atoms with Gasteiger partial charge >= 0.3 is 0 Å². The van der Waals surface area contributed by atoms with E-state index in [4.69, 9.17) is 0 Å². The van der Waals surface area contributed by atoms with Gasteiger partial charge in [0.2, 0.25) is 0 Å². The van der Waals surface area contributed by atoms with Crippen LogP contribution in [0, 0.1) is 5.92 Å². The summed E-state index contributed by atoms with van der Waals surface area (Å²) in [6.45, 7) is 7.02. The molecule has 0 unspecified atom stereocenters. The minimum Gasteiger partial charge on any atom is -0.297 e. The first-order chi connectivity index (χ1) is 7.74. The van der Waals surface area contributed by atoms with Crippen molar-refractivity contribution in [1.82, 2.24) is 4.90 Å². The van der Waals surface area contributed by atoms with E-state index >= 15 is 0 Å². The summed E-state index contributed by atoms with van der Waals surface area (Å²) in [6, 6.07) is 0.850. The fourth-order valence-electron chi connectivity index (χ4n) is 2.40. The highest BCUT2D eigenvalue weighted by Crippen LogP contribution is 2.24. The third kappa shape index (κ3) is 5.40. The van der Waals surface area contributed by atoms with Gasteiger partial charge in [-0.1, -0.05) is 38.8 Å². The van der Waals surface area contributed by atoms with Crippen molar-refractivity contribution >= 4 is 12.6 Å². The van der Waals surface area contributed by atoms with Gasteiger partial charge in [-0.2, -0.15) is 12.6 Å². The van der Waals surface area contributed by atoms with Crippen LogP contribution in [0.3, 0.4) is 0 Å². The van der Waals surface area contributed by atoms with Crippen molar-refractivity contribution in [3.05, 3.63) is 12.2 Å². The van der Waals surface area contributed by atoms with Crippen molar-refractivity contribution in [2.75, 3.05) is 18.8 Å². The van der Waals surface area contributed by atoms with Gasteiger partial charge in [0, 0.05) is 18.3 Å². The quantitative estimate of drug-likeness (QED) is 0.524. The molecule has 0 spiro atoms. The Morgan fingerprint density at radius 1 is 1.25 bits per heavy atom. The molecule has 1 nitrogen and oxygen atoms in total. The Labute approximate surface area is 107 Å². The van der Waals surface area contributed by atoms with Crippen molar-refractivity contribution < 1.29 is 0 Å². The highest BCUT2D eigenvalue weighted by molar-refractivity contribution is 7.80. The van der Waals surface area contributed by atoms with E-state index in [9.17, 15) is 0 Å². The van der Waals surface area contributed by atoms with Crippen LogP contribution in [0.2, 0.25) is 0 Å². The first kappa shape index (κ1) is 14.1. The monoisotopic (exact) mass is 241 g/mol. The van der Waals surface area contributed by atoms with Crippen LogP contribution in [0.15, 0.2) is 12.2 Å². The predicted molar refractivity (Wildman–Crippen MR) is 76.3 cm³/mol. The first-order valence-corrected chi connectivity index (χ1v) is 7.37. The maximum atomic E-state index is 4.21. The van der Waals surface area contributed by atoms with Gasteiger partial charge in [0.15, 0.2) is 0 Å². The van der Waals surface area contributed by atoms with Crippen LogP contribution < -0.4 is 0 Å². The van der Waals surface area contributed by atoms with E-state index in [0.717, 1.165) is 24.3 Å². The van der Waals surface area contributed by atoms with Crippen molar-refractivity contribution in [3.8, 4) is 0 Å². The Bertz CT molecular complexity index is 195.